The van der Waals surface area contributed by atoms with Crippen LogP contribution in [0.4, 0.5) is 0 Å². The van der Waals surface area contributed by atoms with Crippen LogP contribution < -0.4 is 5.32 Å². The summed E-state index contributed by atoms with van der Waals surface area (Å²) < 4.78 is 4.92. The molecule has 20 heavy (non-hydrogen) atoms. The Labute approximate surface area is 118 Å². The summed E-state index contributed by atoms with van der Waals surface area (Å²) in [7, 11) is 1.60. The molecule has 0 heterocycles. The molecule has 1 aromatic rings. The van der Waals surface area contributed by atoms with Crippen molar-refractivity contribution in [1.82, 2.24) is 5.32 Å². The standard InChI is InChI=1S/C15H21NO4/c1-11-4-6-12(7-5-11)15(19)13(10-14(17)18)16-8-3-9-20-2/h4-7,13,16H,3,8-10H2,1-2H3,(H,17,18). The number of carbonyl (C=O) groups excluding carboxylic acids is 1. The van der Waals surface area contributed by atoms with Crippen LogP contribution in [0, 0.1) is 6.92 Å². The van der Waals surface area contributed by atoms with Gasteiger partial charge in [0.1, 0.15) is 0 Å². The largest absolute Gasteiger partial charge is 0.481 e. The number of carboxylic acid groups (broad SMARTS) is 1. The number of nitrogens with one attached hydrogen (secondary N) is 1. The zero-order chi connectivity index (χ0) is 15.0. The summed E-state index contributed by atoms with van der Waals surface area (Å²) in [5.74, 6) is -1.18. The van der Waals surface area contributed by atoms with Crippen molar-refractivity contribution in [2.45, 2.75) is 25.8 Å². The van der Waals surface area contributed by atoms with E-state index >= 15 is 0 Å². The molecule has 5 heteroatoms. The average molecular weight is 279 g/mol. The van der Waals surface area contributed by atoms with Crippen molar-refractivity contribution in [3.05, 3.63) is 35.4 Å². The molecule has 2 N–H and O–H groups in total. The van der Waals surface area contributed by atoms with Crippen LogP contribution in [0.3, 0.4) is 0 Å². The molecule has 0 bridgehead atoms. The van der Waals surface area contributed by atoms with E-state index in [1.54, 1.807) is 19.2 Å². The molecule has 0 spiro atoms. The molecule has 0 radical (unpaired) electrons. The molecule has 0 aliphatic heterocycles. The van der Waals surface area contributed by atoms with Crippen LogP contribution >= 0.6 is 0 Å². The number of benzene rings is 1. The van der Waals surface area contributed by atoms with Crippen LogP contribution in [-0.4, -0.2) is 43.2 Å². The number of methoxy groups -OCH3 is 1. The van der Waals surface area contributed by atoms with Gasteiger partial charge < -0.3 is 15.2 Å². The molecular formula is C15H21NO4. The maximum atomic E-state index is 12.3. The first-order valence-electron chi connectivity index (χ1n) is 6.59. The Morgan fingerprint density at radius 3 is 2.50 bits per heavy atom. The van der Waals surface area contributed by atoms with Crippen LogP contribution in [0.1, 0.15) is 28.8 Å². The molecular weight excluding hydrogens is 258 g/mol. The quantitative estimate of drug-likeness (QED) is 0.531. The second-order valence-corrected chi connectivity index (χ2v) is 4.68. The van der Waals surface area contributed by atoms with E-state index < -0.39 is 12.0 Å². The van der Waals surface area contributed by atoms with Gasteiger partial charge in [0, 0.05) is 19.3 Å². The Bertz CT molecular complexity index is 442. The maximum absolute atomic E-state index is 12.3. The highest BCUT2D eigenvalue weighted by atomic mass is 16.5. The molecule has 0 amide bonds. The van der Waals surface area contributed by atoms with Crippen LogP contribution in [0.15, 0.2) is 24.3 Å². The molecule has 0 fully saturated rings. The van der Waals surface area contributed by atoms with Crippen LogP contribution in [0.5, 0.6) is 0 Å². The van der Waals surface area contributed by atoms with Gasteiger partial charge in [-0.15, -0.1) is 0 Å². The van der Waals surface area contributed by atoms with E-state index in [9.17, 15) is 9.59 Å². The normalized spacial score (nSPS) is 12.1. The summed E-state index contributed by atoms with van der Waals surface area (Å²) in [4.78, 5) is 23.2. The van der Waals surface area contributed by atoms with Gasteiger partial charge in [-0.05, 0) is 19.9 Å². The number of ketones is 1. The van der Waals surface area contributed by atoms with Gasteiger partial charge in [-0.1, -0.05) is 29.8 Å². The number of Topliss-reactive ketones (excluding diaryl/α,β-unsaturated/α-hetero) is 1. The van der Waals surface area contributed by atoms with Crippen molar-refractivity contribution < 1.29 is 19.4 Å². The lowest BCUT2D eigenvalue weighted by molar-refractivity contribution is -0.137. The van der Waals surface area contributed by atoms with Gasteiger partial charge >= 0.3 is 5.97 Å². The summed E-state index contributed by atoms with van der Waals surface area (Å²) in [6.45, 7) is 3.06. The summed E-state index contributed by atoms with van der Waals surface area (Å²) in [5.41, 5.74) is 1.59. The van der Waals surface area contributed by atoms with E-state index in [0.717, 1.165) is 12.0 Å². The zero-order valence-corrected chi connectivity index (χ0v) is 11.9. The number of aryl methyl sites for hydroxylation is 1. The Kier molecular flexibility index (Phi) is 6.90. The number of rotatable bonds is 9. The molecule has 0 aliphatic rings. The Balaban J connectivity index is 2.68. The lowest BCUT2D eigenvalue weighted by Crippen LogP contribution is -2.39. The molecule has 110 valence electrons. The monoisotopic (exact) mass is 279 g/mol. The first kappa shape index (κ1) is 16.3. The van der Waals surface area contributed by atoms with E-state index in [0.29, 0.717) is 18.7 Å². The van der Waals surface area contributed by atoms with Crippen molar-refractivity contribution in [3.8, 4) is 0 Å². The third kappa shape index (κ3) is 5.50. The summed E-state index contributed by atoms with van der Waals surface area (Å²) in [5, 5.41) is 11.9. The lowest BCUT2D eigenvalue weighted by atomic mass is 10.0. The minimum Gasteiger partial charge on any atom is -0.481 e. The van der Waals surface area contributed by atoms with Gasteiger partial charge in [-0.25, -0.2) is 0 Å². The van der Waals surface area contributed by atoms with E-state index in [2.05, 4.69) is 5.32 Å². The molecule has 0 aromatic heterocycles. The Hall–Kier alpha value is -1.72. The fourth-order valence-corrected chi connectivity index (χ4v) is 1.84. The van der Waals surface area contributed by atoms with Crippen LogP contribution in [-0.2, 0) is 9.53 Å². The number of hydrogen-bond acceptors (Lipinski definition) is 4. The number of ether oxygens (including phenoxy) is 1. The fraction of sp³-hybridized carbons (Fsp3) is 0.467. The second-order valence-electron chi connectivity index (χ2n) is 4.68. The highest BCUT2D eigenvalue weighted by Gasteiger charge is 2.22. The molecule has 1 unspecified atom stereocenters. The predicted molar refractivity (Wildman–Crippen MR) is 76.0 cm³/mol. The highest BCUT2D eigenvalue weighted by molar-refractivity contribution is 6.01. The van der Waals surface area contributed by atoms with Crippen molar-refractivity contribution in [1.29, 1.82) is 0 Å². The second kappa shape index (κ2) is 8.45. The zero-order valence-electron chi connectivity index (χ0n) is 11.9. The Morgan fingerprint density at radius 1 is 1.30 bits per heavy atom. The summed E-state index contributed by atoms with van der Waals surface area (Å²) in [6, 6.07) is 6.44. The smallest absolute Gasteiger partial charge is 0.305 e. The first-order valence-corrected chi connectivity index (χ1v) is 6.59. The van der Waals surface area contributed by atoms with Crippen LogP contribution in [0.2, 0.25) is 0 Å². The van der Waals surface area contributed by atoms with Crippen molar-refractivity contribution in [2.75, 3.05) is 20.3 Å². The molecule has 1 rings (SSSR count). The Morgan fingerprint density at radius 2 is 1.95 bits per heavy atom. The molecule has 0 saturated heterocycles. The van der Waals surface area contributed by atoms with E-state index in [1.165, 1.54) is 0 Å². The first-order chi connectivity index (χ1) is 9.54. The van der Waals surface area contributed by atoms with E-state index in [4.69, 9.17) is 9.84 Å². The topological polar surface area (TPSA) is 75.6 Å². The van der Waals surface area contributed by atoms with E-state index in [-0.39, 0.29) is 12.2 Å². The molecule has 5 nitrogen and oxygen atoms in total. The van der Waals surface area contributed by atoms with Gasteiger partial charge in [-0.2, -0.15) is 0 Å². The van der Waals surface area contributed by atoms with Crippen molar-refractivity contribution in [3.63, 3.8) is 0 Å². The summed E-state index contributed by atoms with van der Waals surface area (Å²) in [6.07, 6.45) is 0.507. The average Bonchev–Trinajstić information content (AvgIpc) is 2.42. The number of hydrogen-bond donors (Lipinski definition) is 2. The number of carboxylic acids is 1. The maximum Gasteiger partial charge on any atom is 0.305 e. The lowest BCUT2D eigenvalue weighted by Gasteiger charge is -2.16. The fourth-order valence-electron chi connectivity index (χ4n) is 1.84. The SMILES string of the molecule is COCCCNC(CC(=O)O)C(=O)c1ccc(C)cc1. The van der Waals surface area contributed by atoms with Gasteiger partial charge in [-0.3, -0.25) is 9.59 Å². The third-order valence-corrected chi connectivity index (χ3v) is 2.95. The molecule has 0 aliphatic carbocycles. The van der Waals surface area contributed by atoms with Gasteiger partial charge in [0.25, 0.3) is 0 Å². The molecule has 1 aromatic carbocycles. The number of aliphatic carboxylic acids is 1. The molecule has 0 saturated carbocycles. The van der Waals surface area contributed by atoms with Gasteiger partial charge in [0.15, 0.2) is 5.78 Å². The predicted octanol–water partition coefficient (Wildman–Crippen LogP) is 1.65. The summed E-state index contributed by atoms with van der Waals surface area (Å²) >= 11 is 0. The van der Waals surface area contributed by atoms with E-state index in [1.807, 2.05) is 19.1 Å². The molecule has 1 atom stereocenters. The van der Waals surface area contributed by atoms with Crippen molar-refractivity contribution >= 4 is 11.8 Å². The van der Waals surface area contributed by atoms with Gasteiger partial charge in [0.2, 0.25) is 0 Å². The third-order valence-electron chi connectivity index (χ3n) is 2.95. The highest BCUT2D eigenvalue weighted by Crippen LogP contribution is 2.08. The minimum atomic E-state index is -0.991. The van der Waals surface area contributed by atoms with Crippen LogP contribution in [0.25, 0.3) is 0 Å². The van der Waals surface area contributed by atoms with Crippen molar-refractivity contribution in [2.24, 2.45) is 0 Å². The van der Waals surface area contributed by atoms with Gasteiger partial charge in [0.05, 0.1) is 12.5 Å². The minimum absolute atomic E-state index is 0.190. The number of carbonyl (C=O) groups is 2.